The van der Waals surface area contributed by atoms with Gasteiger partial charge in [-0.15, -0.1) is 0 Å². The van der Waals surface area contributed by atoms with E-state index in [1.807, 2.05) is 49.5 Å². The molecule has 9 heteroatoms. The number of likely N-dealkylation sites (tertiary alicyclic amines) is 1. The van der Waals surface area contributed by atoms with Crippen molar-refractivity contribution in [1.29, 1.82) is 0 Å². The van der Waals surface area contributed by atoms with E-state index in [4.69, 9.17) is 25.6 Å². The number of aromatic nitrogens is 2. The second-order valence-electron chi connectivity index (χ2n) is 8.46. The Hall–Kier alpha value is -3.10. The van der Waals surface area contributed by atoms with E-state index in [2.05, 4.69) is 15.0 Å². The first-order valence-electron chi connectivity index (χ1n) is 11.2. The Kier molecular flexibility index (Phi) is 7.70. The summed E-state index contributed by atoms with van der Waals surface area (Å²) in [5.74, 6) is 2.59. The van der Waals surface area contributed by atoms with E-state index in [9.17, 15) is 4.79 Å². The van der Waals surface area contributed by atoms with Gasteiger partial charge in [0.1, 0.15) is 0 Å². The van der Waals surface area contributed by atoms with Crippen LogP contribution in [-0.4, -0.2) is 60.2 Å². The number of rotatable bonds is 8. The standard InChI is InChI=1S/C25H29ClN4O4/c1-29(15-17-7-8-21(32-2)22(13-17)33-3)25(31)18-9-11-30(12-10-18)16-23-27-24(28-34-23)19-5-4-6-20(26)14-19/h4-8,13-14,18H,9-12,15-16H2,1-3H3. The summed E-state index contributed by atoms with van der Waals surface area (Å²) in [5.41, 5.74) is 1.82. The fourth-order valence-corrected chi connectivity index (χ4v) is 4.43. The summed E-state index contributed by atoms with van der Waals surface area (Å²) in [7, 11) is 5.06. The van der Waals surface area contributed by atoms with Gasteiger partial charge in [-0.3, -0.25) is 9.69 Å². The molecule has 2 heterocycles. The number of piperidine rings is 1. The summed E-state index contributed by atoms with van der Waals surface area (Å²) in [4.78, 5) is 21.6. The van der Waals surface area contributed by atoms with E-state index < -0.39 is 0 Å². The average molecular weight is 485 g/mol. The van der Waals surface area contributed by atoms with Gasteiger partial charge in [-0.05, 0) is 55.8 Å². The SMILES string of the molecule is COc1ccc(CN(C)C(=O)C2CCN(Cc3nc(-c4cccc(Cl)c4)no3)CC2)cc1OC. The highest BCUT2D eigenvalue weighted by Gasteiger charge is 2.28. The van der Waals surface area contributed by atoms with Crippen LogP contribution < -0.4 is 9.47 Å². The van der Waals surface area contributed by atoms with Crippen LogP contribution in [-0.2, 0) is 17.9 Å². The molecule has 1 fully saturated rings. The predicted molar refractivity (Wildman–Crippen MR) is 129 cm³/mol. The monoisotopic (exact) mass is 484 g/mol. The van der Waals surface area contributed by atoms with E-state index in [0.29, 0.717) is 41.3 Å². The van der Waals surface area contributed by atoms with Gasteiger partial charge < -0.3 is 18.9 Å². The quantitative estimate of drug-likeness (QED) is 0.472. The van der Waals surface area contributed by atoms with Crippen molar-refractivity contribution in [3.63, 3.8) is 0 Å². The van der Waals surface area contributed by atoms with Crippen LogP contribution in [0.15, 0.2) is 47.0 Å². The number of ether oxygens (including phenoxy) is 2. The lowest BCUT2D eigenvalue weighted by molar-refractivity contribution is -0.136. The van der Waals surface area contributed by atoms with Gasteiger partial charge in [0, 0.05) is 30.1 Å². The Labute approximate surface area is 204 Å². The molecule has 0 N–H and O–H groups in total. The first-order valence-corrected chi connectivity index (χ1v) is 11.6. The third-order valence-corrected chi connectivity index (χ3v) is 6.33. The van der Waals surface area contributed by atoms with Gasteiger partial charge in [0.05, 0.1) is 20.8 Å². The van der Waals surface area contributed by atoms with E-state index in [1.165, 1.54) is 0 Å². The average Bonchev–Trinajstić information content (AvgIpc) is 3.32. The van der Waals surface area contributed by atoms with Gasteiger partial charge >= 0.3 is 0 Å². The third kappa shape index (κ3) is 5.69. The number of methoxy groups -OCH3 is 2. The molecule has 4 rings (SSSR count). The first-order chi connectivity index (χ1) is 16.5. The summed E-state index contributed by atoms with van der Waals surface area (Å²) < 4.78 is 16.1. The zero-order valence-electron chi connectivity index (χ0n) is 19.7. The van der Waals surface area contributed by atoms with E-state index in [-0.39, 0.29) is 11.8 Å². The molecule has 2 aromatic carbocycles. The highest BCUT2D eigenvalue weighted by Crippen LogP contribution is 2.29. The van der Waals surface area contributed by atoms with E-state index >= 15 is 0 Å². The molecular weight excluding hydrogens is 456 g/mol. The van der Waals surface area contributed by atoms with Crippen molar-refractivity contribution in [2.24, 2.45) is 5.92 Å². The molecule has 1 saturated heterocycles. The largest absolute Gasteiger partial charge is 0.493 e. The summed E-state index contributed by atoms with van der Waals surface area (Å²) >= 11 is 6.05. The van der Waals surface area contributed by atoms with Crippen molar-refractivity contribution >= 4 is 17.5 Å². The maximum atomic E-state index is 13.0. The smallest absolute Gasteiger partial charge is 0.241 e. The van der Waals surface area contributed by atoms with Crippen molar-refractivity contribution in [2.45, 2.75) is 25.9 Å². The second-order valence-corrected chi connectivity index (χ2v) is 8.89. The fraction of sp³-hybridized carbons (Fsp3) is 0.400. The van der Waals surface area contributed by atoms with Crippen LogP contribution in [0, 0.1) is 5.92 Å². The number of carbonyl (C=O) groups excluding carboxylic acids is 1. The van der Waals surface area contributed by atoms with Crippen LogP contribution in [0.25, 0.3) is 11.4 Å². The minimum absolute atomic E-state index is 0.00565. The molecule has 1 aromatic heterocycles. The van der Waals surface area contributed by atoms with Crippen molar-refractivity contribution in [1.82, 2.24) is 19.9 Å². The lowest BCUT2D eigenvalue weighted by Gasteiger charge is -2.32. The Morgan fingerprint density at radius 2 is 1.91 bits per heavy atom. The van der Waals surface area contributed by atoms with E-state index in [0.717, 1.165) is 37.1 Å². The molecule has 3 aromatic rings. The zero-order valence-corrected chi connectivity index (χ0v) is 20.4. The number of benzene rings is 2. The highest BCUT2D eigenvalue weighted by molar-refractivity contribution is 6.30. The molecule has 0 unspecified atom stereocenters. The molecule has 1 aliphatic heterocycles. The Morgan fingerprint density at radius 1 is 1.15 bits per heavy atom. The highest BCUT2D eigenvalue weighted by atomic mass is 35.5. The predicted octanol–water partition coefficient (Wildman–Crippen LogP) is 4.28. The third-order valence-electron chi connectivity index (χ3n) is 6.09. The topological polar surface area (TPSA) is 80.9 Å². The van der Waals surface area contributed by atoms with Crippen LogP contribution in [0.4, 0.5) is 0 Å². The van der Waals surface area contributed by atoms with Crippen molar-refractivity contribution in [3.05, 3.63) is 58.9 Å². The molecule has 8 nitrogen and oxygen atoms in total. The number of nitrogens with zero attached hydrogens (tertiary/aromatic N) is 4. The second kappa shape index (κ2) is 10.9. The van der Waals surface area contributed by atoms with Crippen LogP contribution in [0.2, 0.25) is 5.02 Å². The zero-order chi connectivity index (χ0) is 24.1. The van der Waals surface area contributed by atoms with Crippen molar-refractivity contribution in [2.75, 3.05) is 34.4 Å². The van der Waals surface area contributed by atoms with Gasteiger partial charge in [0.25, 0.3) is 0 Å². The Bertz CT molecular complexity index is 1130. The number of halogens is 1. The van der Waals surface area contributed by atoms with Crippen molar-refractivity contribution in [3.8, 4) is 22.9 Å². The summed E-state index contributed by atoms with van der Waals surface area (Å²) in [6, 6.07) is 13.1. The fourth-order valence-electron chi connectivity index (χ4n) is 4.24. The number of hydrogen-bond acceptors (Lipinski definition) is 7. The molecule has 0 bridgehead atoms. The lowest BCUT2D eigenvalue weighted by Crippen LogP contribution is -2.40. The summed E-state index contributed by atoms with van der Waals surface area (Å²) in [5, 5.41) is 4.70. The summed E-state index contributed by atoms with van der Waals surface area (Å²) in [6.07, 6.45) is 1.59. The number of amides is 1. The molecule has 0 spiro atoms. The summed E-state index contributed by atoms with van der Waals surface area (Å²) in [6.45, 7) is 2.69. The van der Waals surface area contributed by atoms with Crippen LogP contribution in [0.5, 0.6) is 11.5 Å². The molecule has 1 amide bonds. The Morgan fingerprint density at radius 3 is 2.62 bits per heavy atom. The maximum absolute atomic E-state index is 13.0. The number of hydrogen-bond donors (Lipinski definition) is 0. The van der Waals surface area contributed by atoms with Gasteiger partial charge in [0.2, 0.25) is 17.6 Å². The molecule has 34 heavy (non-hydrogen) atoms. The molecule has 0 aliphatic carbocycles. The van der Waals surface area contributed by atoms with Crippen LogP contribution >= 0.6 is 11.6 Å². The molecule has 180 valence electrons. The van der Waals surface area contributed by atoms with Gasteiger partial charge in [0.15, 0.2) is 11.5 Å². The molecule has 1 aliphatic rings. The molecule has 0 atom stereocenters. The molecule has 0 radical (unpaired) electrons. The van der Waals surface area contributed by atoms with Crippen LogP contribution in [0.3, 0.4) is 0 Å². The first kappa shape index (κ1) is 24.0. The minimum atomic E-state index is 0.00565. The minimum Gasteiger partial charge on any atom is -0.493 e. The van der Waals surface area contributed by atoms with Gasteiger partial charge in [-0.25, -0.2) is 0 Å². The Balaban J connectivity index is 1.28. The van der Waals surface area contributed by atoms with E-state index in [1.54, 1.807) is 19.1 Å². The lowest BCUT2D eigenvalue weighted by atomic mass is 9.95. The van der Waals surface area contributed by atoms with Crippen LogP contribution in [0.1, 0.15) is 24.3 Å². The molecule has 0 saturated carbocycles. The van der Waals surface area contributed by atoms with Crippen molar-refractivity contribution < 1.29 is 18.8 Å². The molecular formula is C25H29ClN4O4. The number of carbonyl (C=O) groups is 1. The van der Waals surface area contributed by atoms with Gasteiger partial charge in [-0.2, -0.15) is 4.98 Å². The van der Waals surface area contributed by atoms with Gasteiger partial charge in [-0.1, -0.05) is 35.0 Å². The normalized spacial score (nSPS) is 14.7. The maximum Gasteiger partial charge on any atom is 0.241 e.